The van der Waals surface area contributed by atoms with Crippen LogP contribution in [0.5, 0.6) is 0 Å². The Morgan fingerprint density at radius 2 is 1.89 bits per heavy atom. The van der Waals surface area contributed by atoms with Gasteiger partial charge in [-0.1, -0.05) is 32.0 Å². The van der Waals surface area contributed by atoms with Gasteiger partial charge in [-0.3, -0.25) is 4.90 Å². The first-order valence-electron chi connectivity index (χ1n) is 6.99. The third-order valence-electron chi connectivity index (χ3n) is 3.45. The van der Waals surface area contributed by atoms with Crippen LogP contribution in [0.1, 0.15) is 25.0 Å². The molecule has 0 aliphatic carbocycles. The monoisotopic (exact) mass is 257 g/mol. The Labute approximate surface area is 115 Å². The summed E-state index contributed by atoms with van der Waals surface area (Å²) in [5.74, 6) is 0. The predicted octanol–water partition coefficient (Wildman–Crippen LogP) is 3.47. The molecule has 0 unspecified atom stereocenters. The van der Waals surface area contributed by atoms with Gasteiger partial charge in [-0.25, -0.2) is 0 Å². The molecule has 1 heterocycles. The van der Waals surface area contributed by atoms with Crippen LogP contribution in [0.4, 0.5) is 5.69 Å². The summed E-state index contributed by atoms with van der Waals surface area (Å²) in [6, 6.07) is 10.7. The van der Waals surface area contributed by atoms with E-state index in [9.17, 15) is 0 Å². The molecule has 2 N–H and O–H groups in total. The topological polar surface area (TPSA) is 31.1 Å². The normalized spacial score (nSPS) is 10.9. The summed E-state index contributed by atoms with van der Waals surface area (Å²) in [7, 11) is 0. The van der Waals surface area contributed by atoms with Gasteiger partial charge in [-0.15, -0.1) is 0 Å². The van der Waals surface area contributed by atoms with E-state index >= 15 is 0 Å². The second-order valence-corrected chi connectivity index (χ2v) is 4.69. The van der Waals surface area contributed by atoms with Crippen molar-refractivity contribution in [2.24, 2.45) is 0 Å². The zero-order valence-electron chi connectivity index (χ0n) is 11.8. The summed E-state index contributed by atoms with van der Waals surface area (Å²) in [4.78, 5) is 5.51. The second kappa shape index (κ2) is 7.00. The maximum atomic E-state index is 3.52. The smallest absolute Gasteiger partial charge is 0.0415 e. The number of hydrogen-bond acceptors (Lipinski definition) is 2. The molecular weight excluding hydrogens is 234 g/mol. The van der Waals surface area contributed by atoms with Gasteiger partial charge in [-0.05, 0) is 36.3 Å². The Hall–Kier alpha value is -1.74. The predicted molar refractivity (Wildman–Crippen MR) is 81.2 cm³/mol. The number of H-pyrrole nitrogens is 1. The molecule has 0 atom stereocenters. The molecule has 0 aliphatic rings. The minimum atomic E-state index is 0.860. The first kappa shape index (κ1) is 13.7. The number of rotatable bonds is 7. The molecule has 3 nitrogen and oxygen atoms in total. The van der Waals surface area contributed by atoms with Crippen molar-refractivity contribution in [2.75, 3.05) is 18.4 Å². The number of para-hydroxylation sites is 1. The summed E-state index contributed by atoms with van der Waals surface area (Å²) in [6.07, 6.45) is 3.98. The summed E-state index contributed by atoms with van der Waals surface area (Å²) >= 11 is 0. The molecule has 1 aromatic carbocycles. The van der Waals surface area contributed by atoms with E-state index in [2.05, 4.69) is 59.4 Å². The summed E-state index contributed by atoms with van der Waals surface area (Å²) < 4.78 is 0. The minimum Gasteiger partial charge on any atom is -0.381 e. The van der Waals surface area contributed by atoms with Crippen molar-refractivity contribution in [3.8, 4) is 0 Å². The Balaban J connectivity index is 2.03. The Bertz CT molecular complexity index is 472. The number of aromatic nitrogens is 1. The van der Waals surface area contributed by atoms with Crippen LogP contribution in [-0.4, -0.2) is 23.0 Å². The molecule has 0 spiro atoms. The average molecular weight is 257 g/mol. The summed E-state index contributed by atoms with van der Waals surface area (Å²) in [5.41, 5.74) is 3.87. The molecule has 19 heavy (non-hydrogen) atoms. The molecule has 0 saturated carbocycles. The van der Waals surface area contributed by atoms with E-state index in [0.29, 0.717) is 0 Å². The highest BCUT2D eigenvalue weighted by molar-refractivity contribution is 5.51. The number of nitrogens with zero attached hydrogens (tertiary/aromatic N) is 1. The molecule has 2 rings (SSSR count). The minimum absolute atomic E-state index is 0.860. The van der Waals surface area contributed by atoms with E-state index in [1.54, 1.807) is 0 Å². The Morgan fingerprint density at radius 1 is 1.11 bits per heavy atom. The third kappa shape index (κ3) is 3.86. The van der Waals surface area contributed by atoms with Gasteiger partial charge in [0.05, 0.1) is 0 Å². The zero-order chi connectivity index (χ0) is 13.5. The van der Waals surface area contributed by atoms with Crippen molar-refractivity contribution >= 4 is 5.69 Å². The lowest BCUT2D eigenvalue weighted by atomic mass is 10.1. The lowest BCUT2D eigenvalue weighted by molar-refractivity contribution is 0.296. The van der Waals surface area contributed by atoms with Crippen LogP contribution in [0.15, 0.2) is 42.7 Å². The molecular formula is C16H23N3. The highest BCUT2D eigenvalue weighted by Crippen LogP contribution is 2.18. The van der Waals surface area contributed by atoms with Crippen molar-refractivity contribution in [2.45, 2.75) is 26.9 Å². The Morgan fingerprint density at radius 3 is 2.58 bits per heavy atom. The maximum Gasteiger partial charge on any atom is 0.0415 e. The van der Waals surface area contributed by atoms with E-state index < -0.39 is 0 Å². The molecule has 0 fully saturated rings. The largest absolute Gasteiger partial charge is 0.381 e. The lowest BCUT2D eigenvalue weighted by Crippen LogP contribution is -2.22. The molecule has 0 saturated heterocycles. The van der Waals surface area contributed by atoms with Gasteiger partial charge in [0, 0.05) is 31.2 Å². The molecule has 0 amide bonds. The molecule has 102 valence electrons. The summed E-state index contributed by atoms with van der Waals surface area (Å²) in [6.45, 7) is 8.45. The molecule has 2 aromatic rings. The van der Waals surface area contributed by atoms with Gasteiger partial charge in [0.1, 0.15) is 0 Å². The molecule has 0 radical (unpaired) electrons. The summed E-state index contributed by atoms with van der Waals surface area (Å²) in [5, 5.41) is 3.52. The lowest BCUT2D eigenvalue weighted by Gasteiger charge is -2.20. The average Bonchev–Trinajstić information content (AvgIpc) is 2.97. The van der Waals surface area contributed by atoms with Crippen LogP contribution < -0.4 is 5.32 Å². The maximum absolute atomic E-state index is 3.52. The van der Waals surface area contributed by atoms with Crippen LogP contribution in [0.3, 0.4) is 0 Å². The van der Waals surface area contributed by atoms with Crippen molar-refractivity contribution < 1.29 is 0 Å². The van der Waals surface area contributed by atoms with Crippen molar-refractivity contribution in [1.29, 1.82) is 0 Å². The van der Waals surface area contributed by atoms with Gasteiger partial charge < -0.3 is 10.3 Å². The van der Waals surface area contributed by atoms with E-state index in [4.69, 9.17) is 0 Å². The van der Waals surface area contributed by atoms with Crippen LogP contribution in [0, 0.1) is 0 Å². The fourth-order valence-electron chi connectivity index (χ4n) is 2.18. The SMILES string of the molecule is CCN(CC)Cc1ccccc1NCc1cc[nH]c1. The third-order valence-corrected chi connectivity index (χ3v) is 3.45. The van der Waals surface area contributed by atoms with Gasteiger partial charge in [-0.2, -0.15) is 0 Å². The molecule has 0 aliphatic heterocycles. The van der Waals surface area contributed by atoms with Gasteiger partial charge in [0.25, 0.3) is 0 Å². The number of hydrogen-bond donors (Lipinski definition) is 2. The Kier molecular flexibility index (Phi) is 5.04. The van der Waals surface area contributed by atoms with Gasteiger partial charge in [0.2, 0.25) is 0 Å². The quantitative estimate of drug-likeness (QED) is 0.795. The fourth-order valence-corrected chi connectivity index (χ4v) is 2.18. The van der Waals surface area contributed by atoms with Crippen LogP contribution in [0.25, 0.3) is 0 Å². The molecule has 3 heteroatoms. The van der Waals surface area contributed by atoms with Gasteiger partial charge >= 0.3 is 0 Å². The standard InChI is InChI=1S/C16H23N3/c1-3-19(4-2)13-15-7-5-6-8-16(15)18-12-14-9-10-17-11-14/h5-11,17-18H,3-4,12-13H2,1-2H3. The van der Waals surface area contributed by atoms with Crippen molar-refractivity contribution in [3.05, 3.63) is 53.9 Å². The van der Waals surface area contributed by atoms with E-state index in [-0.39, 0.29) is 0 Å². The zero-order valence-corrected chi connectivity index (χ0v) is 11.8. The van der Waals surface area contributed by atoms with E-state index in [1.165, 1.54) is 16.8 Å². The number of benzene rings is 1. The molecule has 1 aromatic heterocycles. The van der Waals surface area contributed by atoms with E-state index in [0.717, 1.165) is 26.2 Å². The van der Waals surface area contributed by atoms with Crippen molar-refractivity contribution in [1.82, 2.24) is 9.88 Å². The van der Waals surface area contributed by atoms with Gasteiger partial charge in [0.15, 0.2) is 0 Å². The highest BCUT2D eigenvalue weighted by Gasteiger charge is 2.05. The van der Waals surface area contributed by atoms with Crippen molar-refractivity contribution in [3.63, 3.8) is 0 Å². The molecule has 0 bridgehead atoms. The number of aromatic amines is 1. The second-order valence-electron chi connectivity index (χ2n) is 4.69. The van der Waals surface area contributed by atoms with Crippen LogP contribution in [0.2, 0.25) is 0 Å². The van der Waals surface area contributed by atoms with Crippen LogP contribution in [-0.2, 0) is 13.1 Å². The van der Waals surface area contributed by atoms with Crippen LogP contribution >= 0.6 is 0 Å². The number of nitrogens with one attached hydrogen (secondary N) is 2. The first-order valence-corrected chi connectivity index (χ1v) is 6.99. The van der Waals surface area contributed by atoms with E-state index in [1.807, 2.05) is 12.4 Å². The highest BCUT2D eigenvalue weighted by atomic mass is 15.1. The fraction of sp³-hybridized carbons (Fsp3) is 0.375. The number of anilines is 1. The first-order chi connectivity index (χ1) is 9.33.